The van der Waals surface area contributed by atoms with Crippen LogP contribution >= 0.6 is 0 Å². The molecule has 6 nitrogen and oxygen atoms in total. The number of hydrogen-bond donors (Lipinski definition) is 1. The molecule has 0 saturated carbocycles. The fraction of sp³-hybridized carbons (Fsp3) is 0.167. The second-order valence-corrected chi connectivity index (χ2v) is 6.70. The number of ether oxygens (including phenoxy) is 2. The fourth-order valence-electron chi connectivity index (χ4n) is 2.94. The Kier molecular flexibility index (Phi) is 7.05. The van der Waals surface area contributed by atoms with Gasteiger partial charge in [-0.15, -0.1) is 0 Å². The zero-order valence-electron chi connectivity index (χ0n) is 17.2. The Labute approximate surface area is 176 Å². The Morgan fingerprint density at radius 3 is 2.83 bits per heavy atom. The number of rotatable bonds is 9. The van der Waals surface area contributed by atoms with Crippen molar-refractivity contribution in [1.29, 1.82) is 0 Å². The van der Waals surface area contributed by atoms with Crippen LogP contribution < -0.4 is 14.8 Å². The molecule has 30 heavy (non-hydrogen) atoms. The predicted molar refractivity (Wildman–Crippen MR) is 119 cm³/mol. The largest absolute Gasteiger partial charge is 0.493 e. The van der Waals surface area contributed by atoms with Gasteiger partial charge in [0.1, 0.15) is 12.4 Å². The van der Waals surface area contributed by atoms with Crippen molar-refractivity contribution in [3.63, 3.8) is 0 Å². The maximum Gasteiger partial charge on any atom is 0.249 e. The van der Waals surface area contributed by atoms with Crippen molar-refractivity contribution in [2.24, 2.45) is 0 Å². The summed E-state index contributed by atoms with van der Waals surface area (Å²) in [6, 6.07) is 15.4. The first-order chi connectivity index (χ1) is 14.6. The zero-order valence-corrected chi connectivity index (χ0v) is 17.2. The Morgan fingerprint density at radius 1 is 1.20 bits per heavy atom. The van der Waals surface area contributed by atoms with E-state index in [2.05, 4.69) is 23.1 Å². The van der Waals surface area contributed by atoms with Crippen LogP contribution in [0, 0.1) is 6.92 Å². The van der Waals surface area contributed by atoms with Crippen LogP contribution in [0.5, 0.6) is 11.5 Å². The number of aromatic nitrogens is 2. The Bertz CT molecular complexity index is 1050. The highest BCUT2D eigenvalue weighted by atomic mass is 16.5. The van der Waals surface area contributed by atoms with Gasteiger partial charge in [-0.1, -0.05) is 48.6 Å². The summed E-state index contributed by atoms with van der Waals surface area (Å²) >= 11 is 0. The number of aryl methyl sites for hydroxylation is 1. The van der Waals surface area contributed by atoms with Gasteiger partial charge in [-0.25, -0.2) is 4.68 Å². The molecule has 0 aliphatic rings. The third-order valence-electron chi connectivity index (χ3n) is 4.35. The highest BCUT2D eigenvalue weighted by molar-refractivity contribution is 6.01. The van der Waals surface area contributed by atoms with Crippen molar-refractivity contribution in [1.82, 2.24) is 9.78 Å². The van der Waals surface area contributed by atoms with Crippen molar-refractivity contribution in [2.45, 2.75) is 13.5 Å². The number of benzene rings is 2. The summed E-state index contributed by atoms with van der Waals surface area (Å²) in [4.78, 5) is 12.4. The van der Waals surface area contributed by atoms with Gasteiger partial charge in [0.25, 0.3) is 0 Å². The van der Waals surface area contributed by atoms with E-state index in [9.17, 15) is 4.79 Å². The monoisotopic (exact) mass is 403 g/mol. The minimum absolute atomic E-state index is 0.244. The second kappa shape index (κ2) is 10.1. The molecule has 1 aromatic heterocycles. The summed E-state index contributed by atoms with van der Waals surface area (Å²) in [7, 11) is 1.58. The average molecular weight is 403 g/mol. The molecule has 0 aliphatic carbocycles. The number of hydrogen-bond acceptors (Lipinski definition) is 4. The molecule has 3 aromatic rings. The van der Waals surface area contributed by atoms with Gasteiger partial charge in [0.05, 0.1) is 19.9 Å². The summed E-state index contributed by atoms with van der Waals surface area (Å²) in [5.41, 5.74) is 3.13. The van der Waals surface area contributed by atoms with Crippen molar-refractivity contribution in [2.75, 3.05) is 19.0 Å². The smallest absolute Gasteiger partial charge is 0.249 e. The highest BCUT2D eigenvalue weighted by Crippen LogP contribution is 2.28. The van der Waals surface area contributed by atoms with Crippen LogP contribution in [0.4, 0.5) is 5.82 Å². The van der Waals surface area contributed by atoms with Crippen molar-refractivity contribution in [3.8, 4) is 11.5 Å². The number of anilines is 1. The molecule has 0 radical (unpaired) electrons. The molecule has 2 aromatic carbocycles. The van der Waals surface area contributed by atoms with Gasteiger partial charge in [-0.2, -0.15) is 5.10 Å². The van der Waals surface area contributed by atoms with Crippen LogP contribution in [0.3, 0.4) is 0 Å². The van der Waals surface area contributed by atoms with E-state index >= 15 is 0 Å². The zero-order chi connectivity index (χ0) is 21.3. The molecule has 1 amide bonds. The molecule has 3 rings (SSSR count). The van der Waals surface area contributed by atoms with E-state index in [1.807, 2.05) is 37.3 Å². The van der Waals surface area contributed by atoms with Crippen LogP contribution in [0.15, 0.2) is 73.5 Å². The van der Waals surface area contributed by atoms with Gasteiger partial charge in [0.15, 0.2) is 11.5 Å². The molecule has 1 N–H and O–H groups in total. The molecule has 0 bridgehead atoms. The normalized spacial score (nSPS) is 10.7. The van der Waals surface area contributed by atoms with Crippen LogP contribution in [-0.2, 0) is 11.3 Å². The quantitative estimate of drug-likeness (QED) is 0.423. The Balaban J connectivity index is 1.65. The molecule has 0 saturated heterocycles. The number of carbonyl (C=O) groups excluding carboxylic acids is 1. The van der Waals surface area contributed by atoms with Crippen molar-refractivity contribution >= 4 is 17.8 Å². The molecule has 6 heteroatoms. The van der Waals surface area contributed by atoms with Gasteiger partial charge in [-0.3, -0.25) is 4.79 Å². The minimum Gasteiger partial charge on any atom is -0.493 e. The van der Waals surface area contributed by atoms with Crippen LogP contribution in [-0.4, -0.2) is 29.4 Å². The van der Waals surface area contributed by atoms with E-state index < -0.39 is 0 Å². The summed E-state index contributed by atoms with van der Waals surface area (Å²) < 4.78 is 12.7. The molecule has 0 spiro atoms. The van der Waals surface area contributed by atoms with Gasteiger partial charge >= 0.3 is 0 Å². The van der Waals surface area contributed by atoms with Crippen molar-refractivity contribution in [3.05, 3.63) is 90.1 Å². The lowest BCUT2D eigenvalue weighted by molar-refractivity contribution is -0.111. The lowest BCUT2D eigenvalue weighted by atomic mass is 10.1. The Morgan fingerprint density at radius 2 is 2.07 bits per heavy atom. The van der Waals surface area contributed by atoms with Gasteiger partial charge < -0.3 is 14.8 Å². The van der Waals surface area contributed by atoms with Crippen LogP contribution in [0.2, 0.25) is 0 Å². The molecule has 0 aliphatic heterocycles. The van der Waals surface area contributed by atoms with E-state index in [0.29, 0.717) is 30.5 Å². The van der Waals surface area contributed by atoms with E-state index in [4.69, 9.17) is 9.47 Å². The third-order valence-corrected chi connectivity index (χ3v) is 4.35. The van der Waals surface area contributed by atoms with Crippen LogP contribution in [0.1, 0.15) is 16.7 Å². The summed E-state index contributed by atoms with van der Waals surface area (Å²) in [5.74, 6) is 1.61. The van der Waals surface area contributed by atoms with Gasteiger partial charge in [0, 0.05) is 12.1 Å². The average Bonchev–Trinajstić information content (AvgIpc) is 3.17. The van der Waals surface area contributed by atoms with Gasteiger partial charge in [-0.05, 0) is 36.3 Å². The lowest BCUT2D eigenvalue weighted by Gasteiger charge is -2.10. The third kappa shape index (κ3) is 5.61. The maximum absolute atomic E-state index is 12.4. The van der Waals surface area contributed by atoms with Crippen LogP contribution in [0.25, 0.3) is 6.08 Å². The maximum atomic E-state index is 12.4. The first-order valence-corrected chi connectivity index (χ1v) is 9.57. The topological polar surface area (TPSA) is 65.4 Å². The molecule has 154 valence electrons. The number of amides is 1. The molecule has 0 unspecified atom stereocenters. The second-order valence-electron chi connectivity index (χ2n) is 6.70. The molecule has 0 fully saturated rings. The number of methoxy groups -OCH3 is 1. The molecule has 0 atom stereocenters. The van der Waals surface area contributed by atoms with E-state index in [1.165, 1.54) is 11.6 Å². The van der Waals surface area contributed by atoms with E-state index in [0.717, 1.165) is 11.1 Å². The first-order valence-electron chi connectivity index (χ1n) is 9.57. The Hall–Kier alpha value is -3.80. The van der Waals surface area contributed by atoms with Gasteiger partial charge in [0.2, 0.25) is 5.91 Å². The number of nitrogens with zero attached hydrogens (tertiary/aromatic N) is 2. The van der Waals surface area contributed by atoms with E-state index in [1.54, 1.807) is 42.3 Å². The SMILES string of the molecule is C=CCOc1ccc(/C=C/C(=O)Nc2ccnn2Cc2cccc(C)c2)cc1OC. The van der Waals surface area contributed by atoms with Crippen molar-refractivity contribution < 1.29 is 14.3 Å². The number of carbonyl (C=O) groups is 1. The first kappa shape index (κ1) is 20.9. The standard InChI is InChI=1S/C24H25N3O3/c1-4-14-30-21-10-8-19(16-22(21)29-3)9-11-24(28)26-23-12-13-25-27(23)17-20-7-5-6-18(2)15-20/h4-13,15-16H,1,14,17H2,2-3H3,(H,26,28)/b11-9+. The highest BCUT2D eigenvalue weighted by Gasteiger charge is 2.07. The molecule has 1 heterocycles. The predicted octanol–water partition coefficient (Wildman–Crippen LogP) is 4.47. The summed E-state index contributed by atoms with van der Waals surface area (Å²) in [6.07, 6.45) is 6.53. The lowest BCUT2D eigenvalue weighted by Crippen LogP contribution is -2.13. The van der Waals surface area contributed by atoms with E-state index in [-0.39, 0.29) is 5.91 Å². The summed E-state index contributed by atoms with van der Waals surface area (Å²) in [6.45, 7) is 6.66. The minimum atomic E-state index is -0.244. The number of nitrogens with one attached hydrogen (secondary N) is 1. The summed E-state index contributed by atoms with van der Waals surface area (Å²) in [5, 5.41) is 7.18. The fourth-order valence-corrected chi connectivity index (χ4v) is 2.94. The molecular formula is C24H25N3O3. The molecular weight excluding hydrogens is 378 g/mol.